The van der Waals surface area contributed by atoms with E-state index >= 15 is 0 Å². The summed E-state index contributed by atoms with van der Waals surface area (Å²) in [7, 11) is 0. The van der Waals surface area contributed by atoms with Crippen LogP contribution in [0.1, 0.15) is 19.3 Å². The van der Waals surface area contributed by atoms with Gasteiger partial charge in [0.25, 0.3) is 0 Å². The van der Waals surface area contributed by atoms with Crippen LogP contribution in [0.25, 0.3) is 0 Å². The topological polar surface area (TPSA) is 17.1 Å². The number of thioether (sulfide) groups is 1. The summed E-state index contributed by atoms with van der Waals surface area (Å²) >= 11 is 1.86. The summed E-state index contributed by atoms with van der Waals surface area (Å²) in [4.78, 5) is 10.7. The summed E-state index contributed by atoms with van der Waals surface area (Å²) in [5.74, 6) is 2.03. The molecule has 1 heterocycles. The Labute approximate surface area is 70.7 Å². The molecule has 0 amide bonds. The van der Waals surface area contributed by atoms with Crippen molar-refractivity contribution in [3.05, 3.63) is 0 Å². The van der Waals surface area contributed by atoms with Crippen molar-refractivity contribution in [2.75, 3.05) is 18.2 Å². The molecule has 0 N–H and O–H groups in total. The third-order valence-corrected chi connectivity index (χ3v) is 3.32. The fourth-order valence-electron chi connectivity index (χ4n) is 1.39. The Morgan fingerprint density at radius 2 is 2.09 bits per heavy atom. The number of carbonyl (C=O) groups is 1. The fourth-order valence-corrected chi connectivity index (χ4v) is 2.70. The Morgan fingerprint density at radius 3 is 2.55 bits per heavy atom. The van der Waals surface area contributed by atoms with Crippen molar-refractivity contribution in [3.8, 4) is 0 Å². The SMILES string of the molecule is O=CC1(CCF)CCSCC1. The number of hydrogen-bond acceptors (Lipinski definition) is 2. The van der Waals surface area contributed by atoms with E-state index in [-0.39, 0.29) is 12.1 Å². The van der Waals surface area contributed by atoms with Gasteiger partial charge in [0.2, 0.25) is 0 Å². The van der Waals surface area contributed by atoms with Crippen LogP contribution in [0, 0.1) is 5.41 Å². The summed E-state index contributed by atoms with van der Waals surface area (Å²) in [5, 5.41) is 0. The van der Waals surface area contributed by atoms with Gasteiger partial charge in [-0.05, 0) is 30.8 Å². The molecule has 0 atom stereocenters. The van der Waals surface area contributed by atoms with Crippen LogP contribution in [0.15, 0.2) is 0 Å². The molecule has 1 saturated heterocycles. The Hall–Kier alpha value is -0.0500. The Morgan fingerprint density at radius 1 is 1.45 bits per heavy atom. The van der Waals surface area contributed by atoms with Gasteiger partial charge in [-0.3, -0.25) is 4.39 Å². The molecule has 0 unspecified atom stereocenters. The maximum absolute atomic E-state index is 12.0. The molecule has 1 aliphatic heterocycles. The molecule has 11 heavy (non-hydrogen) atoms. The van der Waals surface area contributed by atoms with Crippen molar-refractivity contribution in [2.24, 2.45) is 5.41 Å². The van der Waals surface area contributed by atoms with Gasteiger partial charge in [0.15, 0.2) is 0 Å². The number of rotatable bonds is 3. The third-order valence-electron chi connectivity index (χ3n) is 2.33. The minimum atomic E-state index is -0.358. The highest BCUT2D eigenvalue weighted by Gasteiger charge is 2.31. The molecular formula is C8H13FOS. The van der Waals surface area contributed by atoms with Crippen LogP contribution in [0.3, 0.4) is 0 Å². The smallest absolute Gasteiger partial charge is 0.126 e. The van der Waals surface area contributed by atoms with Crippen molar-refractivity contribution in [3.63, 3.8) is 0 Å². The highest BCUT2D eigenvalue weighted by molar-refractivity contribution is 7.99. The van der Waals surface area contributed by atoms with Gasteiger partial charge in [-0.15, -0.1) is 0 Å². The molecule has 1 nitrogen and oxygen atoms in total. The zero-order chi connectivity index (χ0) is 8.16. The second-order valence-corrected chi connectivity index (χ2v) is 4.26. The number of aldehydes is 1. The van der Waals surface area contributed by atoms with Crippen LogP contribution >= 0.6 is 11.8 Å². The molecule has 64 valence electrons. The van der Waals surface area contributed by atoms with Gasteiger partial charge in [-0.1, -0.05) is 0 Å². The predicted octanol–water partition coefficient (Wildman–Crippen LogP) is 2.06. The first-order chi connectivity index (χ1) is 5.33. The molecule has 1 fully saturated rings. The van der Waals surface area contributed by atoms with Crippen molar-refractivity contribution < 1.29 is 9.18 Å². The maximum Gasteiger partial charge on any atom is 0.126 e. The third kappa shape index (κ3) is 2.19. The van der Waals surface area contributed by atoms with E-state index in [1.165, 1.54) is 0 Å². The standard InChI is InChI=1S/C8H13FOS/c9-4-1-8(7-10)2-5-11-6-3-8/h7H,1-6H2. The molecule has 1 aliphatic rings. The van der Waals surface area contributed by atoms with Gasteiger partial charge in [-0.2, -0.15) is 11.8 Å². The molecule has 0 radical (unpaired) electrons. The van der Waals surface area contributed by atoms with Gasteiger partial charge in [0.1, 0.15) is 6.29 Å². The molecule has 0 spiro atoms. The van der Waals surface area contributed by atoms with E-state index in [1.54, 1.807) is 0 Å². The lowest BCUT2D eigenvalue weighted by atomic mass is 9.81. The predicted molar refractivity (Wildman–Crippen MR) is 45.6 cm³/mol. The average molecular weight is 176 g/mol. The van der Waals surface area contributed by atoms with E-state index in [2.05, 4.69) is 0 Å². The monoisotopic (exact) mass is 176 g/mol. The number of hydrogen-bond donors (Lipinski definition) is 0. The van der Waals surface area contributed by atoms with E-state index in [1.807, 2.05) is 11.8 Å². The normalized spacial score (nSPS) is 23.0. The largest absolute Gasteiger partial charge is 0.303 e. The lowest BCUT2D eigenvalue weighted by Crippen LogP contribution is -2.28. The Bertz CT molecular complexity index is 127. The van der Waals surface area contributed by atoms with Crippen LogP contribution in [0.2, 0.25) is 0 Å². The fraction of sp³-hybridized carbons (Fsp3) is 0.875. The molecule has 3 heteroatoms. The molecule has 0 aromatic heterocycles. The summed E-state index contributed by atoms with van der Waals surface area (Å²) in [6.45, 7) is -0.358. The Kier molecular flexibility index (Phi) is 3.37. The number of alkyl halides is 1. The quantitative estimate of drug-likeness (QED) is 0.612. The first-order valence-electron chi connectivity index (χ1n) is 3.93. The summed E-state index contributed by atoms with van der Waals surface area (Å²) in [6.07, 6.45) is 3.12. The Balaban J connectivity index is 2.49. The van der Waals surface area contributed by atoms with Gasteiger partial charge < -0.3 is 4.79 Å². The summed E-state index contributed by atoms with van der Waals surface area (Å²) in [5.41, 5.74) is -0.306. The first kappa shape index (κ1) is 9.04. The molecule has 1 rings (SSSR count). The van der Waals surface area contributed by atoms with E-state index in [0.29, 0.717) is 6.42 Å². The summed E-state index contributed by atoms with van der Waals surface area (Å²) in [6, 6.07) is 0. The van der Waals surface area contributed by atoms with E-state index in [4.69, 9.17) is 0 Å². The minimum absolute atomic E-state index is 0.306. The zero-order valence-electron chi connectivity index (χ0n) is 6.51. The second-order valence-electron chi connectivity index (χ2n) is 3.03. The zero-order valence-corrected chi connectivity index (χ0v) is 7.33. The summed E-state index contributed by atoms with van der Waals surface area (Å²) < 4.78 is 12.0. The highest BCUT2D eigenvalue weighted by atomic mass is 32.2. The van der Waals surface area contributed by atoms with Gasteiger partial charge in [0.05, 0.1) is 6.67 Å². The van der Waals surface area contributed by atoms with Crippen molar-refractivity contribution in [2.45, 2.75) is 19.3 Å². The lowest BCUT2D eigenvalue weighted by molar-refractivity contribution is -0.117. The van der Waals surface area contributed by atoms with E-state index < -0.39 is 0 Å². The maximum atomic E-state index is 12.0. The highest BCUT2D eigenvalue weighted by Crippen LogP contribution is 2.35. The molecule has 0 aromatic carbocycles. The van der Waals surface area contributed by atoms with Gasteiger partial charge in [0, 0.05) is 5.41 Å². The molecule has 0 aliphatic carbocycles. The van der Waals surface area contributed by atoms with Gasteiger partial charge >= 0.3 is 0 Å². The van der Waals surface area contributed by atoms with Crippen LogP contribution in [0.5, 0.6) is 0 Å². The van der Waals surface area contributed by atoms with Crippen molar-refractivity contribution in [1.29, 1.82) is 0 Å². The first-order valence-corrected chi connectivity index (χ1v) is 5.08. The van der Waals surface area contributed by atoms with Crippen molar-refractivity contribution >= 4 is 18.0 Å². The molecular weight excluding hydrogens is 163 g/mol. The molecule has 0 aromatic rings. The minimum Gasteiger partial charge on any atom is -0.303 e. The second kappa shape index (κ2) is 4.10. The lowest BCUT2D eigenvalue weighted by Gasteiger charge is -2.30. The average Bonchev–Trinajstić information content (AvgIpc) is 2.07. The number of halogens is 1. The van der Waals surface area contributed by atoms with Crippen LogP contribution in [0.4, 0.5) is 4.39 Å². The van der Waals surface area contributed by atoms with Crippen LogP contribution in [-0.4, -0.2) is 24.5 Å². The van der Waals surface area contributed by atoms with Crippen LogP contribution in [-0.2, 0) is 4.79 Å². The number of carbonyl (C=O) groups excluding carboxylic acids is 1. The molecule has 0 bridgehead atoms. The van der Waals surface area contributed by atoms with Crippen LogP contribution < -0.4 is 0 Å². The van der Waals surface area contributed by atoms with E-state index in [9.17, 15) is 9.18 Å². The van der Waals surface area contributed by atoms with E-state index in [0.717, 1.165) is 30.6 Å². The van der Waals surface area contributed by atoms with Gasteiger partial charge in [-0.25, -0.2) is 0 Å². The molecule has 0 saturated carbocycles. The van der Waals surface area contributed by atoms with Crippen molar-refractivity contribution in [1.82, 2.24) is 0 Å².